The third kappa shape index (κ3) is 6.69. The van der Waals surface area contributed by atoms with Crippen LogP contribution in [0.5, 0.6) is 5.75 Å². The second-order valence-corrected chi connectivity index (χ2v) is 6.08. The molecule has 2 N–H and O–H groups in total. The number of imidazole rings is 1. The number of aromatic nitrogens is 2. The van der Waals surface area contributed by atoms with E-state index in [4.69, 9.17) is 9.15 Å². The van der Waals surface area contributed by atoms with Crippen molar-refractivity contribution < 1.29 is 18.7 Å². The second-order valence-electron chi connectivity index (χ2n) is 6.08. The van der Waals surface area contributed by atoms with Gasteiger partial charge in [-0.3, -0.25) is 9.59 Å². The first kappa shape index (κ1) is 19.9. The molecule has 0 saturated heterocycles. The molecule has 8 nitrogen and oxygen atoms in total. The molecule has 0 fully saturated rings. The van der Waals surface area contributed by atoms with Crippen LogP contribution in [0.1, 0.15) is 12.2 Å². The van der Waals surface area contributed by atoms with Crippen LogP contribution in [0.25, 0.3) is 6.08 Å². The summed E-state index contributed by atoms with van der Waals surface area (Å²) in [4.78, 5) is 27.9. The maximum atomic E-state index is 12.2. The van der Waals surface area contributed by atoms with Gasteiger partial charge in [-0.2, -0.15) is 0 Å². The molecule has 0 spiro atoms. The van der Waals surface area contributed by atoms with Crippen molar-refractivity contribution in [2.45, 2.75) is 13.0 Å². The van der Waals surface area contributed by atoms with Gasteiger partial charge in [0, 0.05) is 31.4 Å². The summed E-state index contributed by atoms with van der Waals surface area (Å²) in [6.07, 6.45) is 9.88. The number of benzene rings is 1. The zero-order valence-electron chi connectivity index (χ0n) is 15.8. The molecule has 3 aromatic rings. The molecule has 0 aliphatic heterocycles. The normalized spacial score (nSPS) is 10.8. The number of nitrogens with one attached hydrogen (secondary N) is 2. The van der Waals surface area contributed by atoms with E-state index in [2.05, 4.69) is 15.6 Å². The molecule has 2 aromatic heterocycles. The largest absolute Gasteiger partial charge is 0.490 e. The van der Waals surface area contributed by atoms with Gasteiger partial charge in [-0.1, -0.05) is 12.1 Å². The Kier molecular flexibility index (Phi) is 7.22. The molecule has 0 unspecified atom stereocenters. The second kappa shape index (κ2) is 10.5. The van der Waals surface area contributed by atoms with E-state index < -0.39 is 0 Å². The zero-order valence-corrected chi connectivity index (χ0v) is 15.8. The molecule has 150 valence electrons. The Bertz CT molecular complexity index is 934. The van der Waals surface area contributed by atoms with Crippen molar-refractivity contribution in [3.8, 4) is 5.75 Å². The third-order valence-corrected chi connectivity index (χ3v) is 3.92. The lowest BCUT2D eigenvalue weighted by Gasteiger charge is -2.12. The van der Waals surface area contributed by atoms with Crippen molar-refractivity contribution in [3.05, 3.63) is 73.2 Å². The Morgan fingerprint density at radius 1 is 1.21 bits per heavy atom. The van der Waals surface area contributed by atoms with E-state index in [9.17, 15) is 9.59 Å². The van der Waals surface area contributed by atoms with E-state index in [0.717, 1.165) is 0 Å². The number of carbonyl (C=O) groups is 2. The first-order valence-corrected chi connectivity index (χ1v) is 9.17. The number of anilines is 1. The number of para-hydroxylation sites is 2. The number of rotatable bonds is 10. The predicted octanol–water partition coefficient (Wildman–Crippen LogP) is 2.71. The maximum absolute atomic E-state index is 12.2. The number of nitrogens with zero attached hydrogens (tertiary/aromatic N) is 2. The van der Waals surface area contributed by atoms with Gasteiger partial charge in [-0.05, 0) is 30.3 Å². The molecule has 0 bridgehead atoms. The van der Waals surface area contributed by atoms with Crippen molar-refractivity contribution in [3.63, 3.8) is 0 Å². The van der Waals surface area contributed by atoms with Gasteiger partial charge in [0.1, 0.15) is 18.1 Å². The van der Waals surface area contributed by atoms with Crippen LogP contribution in [0.2, 0.25) is 0 Å². The molecule has 0 radical (unpaired) electrons. The van der Waals surface area contributed by atoms with Crippen LogP contribution < -0.4 is 15.4 Å². The highest BCUT2D eigenvalue weighted by molar-refractivity contribution is 5.94. The molecule has 0 aliphatic carbocycles. The fourth-order valence-corrected chi connectivity index (χ4v) is 2.49. The molecule has 0 saturated carbocycles. The summed E-state index contributed by atoms with van der Waals surface area (Å²) in [5, 5.41) is 5.47. The Balaban J connectivity index is 1.41. The fraction of sp³-hybridized carbons (Fsp3) is 0.190. The van der Waals surface area contributed by atoms with Gasteiger partial charge < -0.3 is 24.4 Å². The number of ether oxygens (including phenoxy) is 1. The third-order valence-electron chi connectivity index (χ3n) is 3.92. The molecule has 0 atom stereocenters. The minimum Gasteiger partial charge on any atom is -0.490 e. The molecular formula is C21H22N4O4. The van der Waals surface area contributed by atoms with Crippen molar-refractivity contribution >= 4 is 23.6 Å². The van der Waals surface area contributed by atoms with E-state index in [1.807, 2.05) is 22.9 Å². The smallest absolute Gasteiger partial charge is 0.244 e. The number of furan rings is 1. The lowest BCUT2D eigenvalue weighted by atomic mass is 10.2. The topological polar surface area (TPSA) is 98.4 Å². The highest BCUT2D eigenvalue weighted by Crippen LogP contribution is 2.23. The number of hydrogen-bond acceptors (Lipinski definition) is 5. The quantitative estimate of drug-likeness (QED) is 0.515. The van der Waals surface area contributed by atoms with Crippen LogP contribution in [0.15, 0.2) is 71.9 Å². The molecule has 2 amide bonds. The van der Waals surface area contributed by atoms with Crippen LogP contribution in [-0.4, -0.2) is 34.5 Å². The van der Waals surface area contributed by atoms with Crippen LogP contribution >= 0.6 is 0 Å². The van der Waals surface area contributed by atoms with E-state index >= 15 is 0 Å². The molecule has 8 heteroatoms. The van der Waals surface area contributed by atoms with Crippen molar-refractivity contribution in [2.75, 3.05) is 18.5 Å². The summed E-state index contributed by atoms with van der Waals surface area (Å²) < 4.78 is 12.8. The first-order chi connectivity index (χ1) is 14.2. The van der Waals surface area contributed by atoms with Crippen molar-refractivity contribution in [1.29, 1.82) is 0 Å². The average Bonchev–Trinajstić information content (AvgIpc) is 3.42. The van der Waals surface area contributed by atoms with Crippen molar-refractivity contribution in [1.82, 2.24) is 14.9 Å². The van der Waals surface area contributed by atoms with Crippen LogP contribution in [0.4, 0.5) is 5.69 Å². The summed E-state index contributed by atoms with van der Waals surface area (Å²) >= 11 is 0. The Morgan fingerprint density at radius 3 is 2.90 bits per heavy atom. The average molecular weight is 394 g/mol. The SMILES string of the molecule is O=C(/C=C/c1ccco1)NCCC(=O)Nc1ccccc1OCCn1ccnc1. The van der Waals surface area contributed by atoms with Gasteiger partial charge >= 0.3 is 0 Å². The minimum atomic E-state index is -0.294. The molecule has 2 heterocycles. The number of hydrogen-bond donors (Lipinski definition) is 2. The lowest BCUT2D eigenvalue weighted by Crippen LogP contribution is -2.26. The molecular weight excluding hydrogens is 372 g/mol. The fourth-order valence-electron chi connectivity index (χ4n) is 2.49. The Hall–Kier alpha value is -3.81. The number of carbonyl (C=O) groups excluding carboxylic acids is 2. The lowest BCUT2D eigenvalue weighted by molar-refractivity contribution is -0.117. The highest BCUT2D eigenvalue weighted by atomic mass is 16.5. The van der Waals surface area contributed by atoms with Gasteiger partial charge in [0.25, 0.3) is 0 Å². The van der Waals surface area contributed by atoms with Gasteiger partial charge in [0.2, 0.25) is 11.8 Å². The maximum Gasteiger partial charge on any atom is 0.244 e. The predicted molar refractivity (Wildman–Crippen MR) is 108 cm³/mol. The van der Waals surface area contributed by atoms with Gasteiger partial charge in [0.15, 0.2) is 0 Å². The summed E-state index contributed by atoms with van der Waals surface area (Å²) in [6.45, 7) is 1.32. The van der Waals surface area contributed by atoms with E-state index in [1.54, 1.807) is 42.9 Å². The zero-order chi connectivity index (χ0) is 20.3. The Labute approximate surface area is 168 Å². The Morgan fingerprint density at radius 2 is 2.10 bits per heavy atom. The molecule has 0 aliphatic rings. The van der Waals surface area contributed by atoms with E-state index in [-0.39, 0.29) is 24.8 Å². The minimum absolute atomic E-state index is 0.143. The van der Waals surface area contributed by atoms with E-state index in [0.29, 0.717) is 30.3 Å². The van der Waals surface area contributed by atoms with Gasteiger partial charge in [0.05, 0.1) is 24.8 Å². The van der Waals surface area contributed by atoms with Crippen molar-refractivity contribution in [2.24, 2.45) is 0 Å². The van der Waals surface area contributed by atoms with Gasteiger partial charge in [-0.15, -0.1) is 0 Å². The molecule has 3 rings (SSSR count). The van der Waals surface area contributed by atoms with Gasteiger partial charge in [-0.25, -0.2) is 4.98 Å². The summed E-state index contributed by atoms with van der Waals surface area (Å²) in [5.74, 6) is 0.664. The van der Waals surface area contributed by atoms with E-state index in [1.165, 1.54) is 12.3 Å². The molecule has 29 heavy (non-hydrogen) atoms. The summed E-state index contributed by atoms with van der Waals surface area (Å²) in [7, 11) is 0. The number of amides is 2. The summed E-state index contributed by atoms with van der Waals surface area (Å²) in [6, 6.07) is 10.7. The first-order valence-electron chi connectivity index (χ1n) is 9.17. The highest BCUT2D eigenvalue weighted by Gasteiger charge is 2.08. The van der Waals surface area contributed by atoms with Crippen LogP contribution in [-0.2, 0) is 16.1 Å². The molecule has 1 aromatic carbocycles. The standard InChI is InChI=1S/C21H22N4O4/c26-20(8-7-17-4-3-14-28-17)23-10-9-21(27)24-18-5-1-2-6-19(18)29-15-13-25-12-11-22-16-25/h1-8,11-12,14,16H,9-10,13,15H2,(H,23,26)(H,24,27)/b8-7+. The van der Waals surface area contributed by atoms with Crippen LogP contribution in [0, 0.1) is 0 Å². The summed E-state index contributed by atoms with van der Waals surface area (Å²) in [5.41, 5.74) is 0.590. The monoisotopic (exact) mass is 394 g/mol. The van der Waals surface area contributed by atoms with Crippen LogP contribution in [0.3, 0.4) is 0 Å².